The first-order valence-electron chi connectivity index (χ1n) is 7.09. The second-order valence-electron chi connectivity index (χ2n) is 5.54. The summed E-state index contributed by atoms with van der Waals surface area (Å²) in [7, 11) is 0. The van der Waals surface area contributed by atoms with Crippen LogP contribution in [0, 0.1) is 11.8 Å². The van der Waals surface area contributed by atoms with Crippen LogP contribution in [-0.4, -0.2) is 37.4 Å². The number of hydrogen-bond donors (Lipinski definition) is 3. The Morgan fingerprint density at radius 3 is 1.95 bits per heavy atom. The van der Waals surface area contributed by atoms with E-state index in [1.807, 2.05) is 20.8 Å². The van der Waals surface area contributed by atoms with Crippen molar-refractivity contribution in [1.82, 2.24) is 16.0 Å². The van der Waals surface area contributed by atoms with Crippen molar-refractivity contribution < 1.29 is 14.4 Å². The maximum Gasteiger partial charge on any atom is 0.220 e. The summed E-state index contributed by atoms with van der Waals surface area (Å²) >= 11 is 0. The van der Waals surface area contributed by atoms with Gasteiger partial charge in [0.1, 0.15) is 0 Å². The molecule has 6 heteroatoms. The van der Waals surface area contributed by atoms with E-state index in [0.29, 0.717) is 38.4 Å². The molecule has 0 saturated carbocycles. The number of hydrogen-bond acceptors (Lipinski definition) is 3. The van der Waals surface area contributed by atoms with Gasteiger partial charge in [-0.3, -0.25) is 14.4 Å². The Balaban J connectivity index is 3.69. The molecule has 6 nitrogen and oxygen atoms in total. The predicted molar refractivity (Wildman–Crippen MR) is 77.9 cm³/mol. The van der Waals surface area contributed by atoms with E-state index in [2.05, 4.69) is 16.0 Å². The van der Waals surface area contributed by atoms with Crippen molar-refractivity contribution in [3.05, 3.63) is 0 Å². The van der Waals surface area contributed by atoms with Crippen molar-refractivity contribution in [2.75, 3.05) is 19.6 Å². The van der Waals surface area contributed by atoms with Gasteiger partial charge in [0.25, 0.3) is 0 Å². The molecule has 0 unspecified atom stereocenters. The van der Waals surface area contributed by atoms with Crippen LogP contribution in [-0.2, 0) is 14.4 Å². The van der Waals surface area contributed by atoms with Gasteiger partial charge in [0.15, 0.2) is 0 Å². The van der Waals surface area contributed by atoms with Crippen molar-refractivity contribution in [3.8, 4) is 0 Å². The third-order valence-corrected chi connectivity index (χ3v) is 2.60. The van der Waals surface area contributed by atoms with Crippen LogP contribution >= 0.6 is 0 Å². The lowest BCUT2D eigenvalue weighted by Crippen LogP contribution is -2.36. The largest absolute Gasteiger partial charge is 0.356 e. The molecule has 0 saturated heterocycles. The lowest BCUT2D eigenvalue weighted by molar-refractivity contribution is -0.124. The van der Waals surface area contributed by atoms with Crippen LogP contribution < -0.4 is 16.0 Å². The van der Waals surface area contributed by atoms with Crippen LogP contribution in [0.4, 0.5) is 0 Å². The van der Waals surface area contributed by atoms with Crippen molar-refractivity contribution in [3.63, 3.8) is 0 Å². The Hall–Kier alpha value is -1.59. The minimum Gasteiger partial charge on any atom is -0.356 e. The second-order valence-corrected chi connectivity index (χ2v) is 5.54. The summed E-state index contributed by atoms with van der Waals surface area (Å²) in [6.07, 6.45) is 0.873. The lowest BCUT2D eigenvalue weighted by Gasteiger charge is -2.13. The molecule has 0 radical (unpaired) electrons. The minimum absolute atomic E-state index is 0.0258. The van der Waals surface area contributed by atoms with Crippen LogP contribution in [0.15, 0.2) is 0 Å². The van der Waals surface area contributed by atoms with Crippen LogP contribution in [0.25, 0.3) is 0 Å². The van der Waals surface area contributed by atoms with E-state index in [4.69, 9.17) is 0 Å². The quantitative estimate of drug-likeness (QED) is 0.537. The zero-order valence-electron chi connectivity index (χ0n) is 12.9. The van der Waals surface area contributed by atoms with Crippen LogP contribution in [0.2, 0.25) is 0 Å². The van der Waals surface area contributed by atoms with E-state index >= 15 is 0 Å². The average Bonchev–Trinajstić information content (AvgIpc) is 2.31. The van der Waals surface area contributed by atoms with Crippen molar-refractivity contribution in [2.45, 2.75) is 40.5 Å². The highest BCUT2D eigenvalue weighted by molar-refractivity contribution is 5.77. The topological polar surface area (TPSA) is 87.3 Å². The van der Waals surface area contributed by atoms with Crippen molar-refractivity contribution in [2.24, 2.45) is 11.8 Å². The fourth-order valence-electron chi connectivity index (χ4n) is 1.63. The smallest absolute Gasteiger partial charge is 0.220 e. The number of amides is 3. The highest BCUT2D eigenvalue weighted by Crippen LogP contribution is 2.02. The normalized spacial score (nSPS) is 11.8. The Bertz CT molecular complexity index is 330. The molecule has 0 aromatic carbocycles. The first-order chi connectivity index (χ1) is 9.31. The van der Waals surface area contributed by atoms with E-state index in [-0.39, 0.29) is 23.6 Å². The molecule has 3 amide bonds. The molecule has 0 fully saturated rings. The fourth-order valence-corrected chi connectivity index (χ4v) is 1.63. The molecule has 0 bridgehead atoms. The van der Waals surface area contributed by atoms with Gasteiger partial charge in [0.2, 0.25) is 17.7 Å². The van der Waals surface area contributed by atoms with Gasteiger partial charge in [0.05, 0.1) is 0 Å². The molecule has 0 aromatic rings. The lowest BCUT2D eigenvalue weighted by atomic mass is 10.1. The van der Waals surface area contributed by atoms with Crippen molar-refractivity contribution >= 4 is 17.7 Å². The summed E-state index contributed by atoms with van der Waals surface area (Å²) in [5, 5.41) is 8.15. The first-order valence-corrected chi connectivity index (χ1v) is 7.09. The zero-order valence-corrected chi connectivity index (χ0v) is 12.9. The summed E-state index contributed by atoms with van der Waals surface area (Å²) in [5.74, 6) is 0.272. The summed E-state index contributed by atoms with van der Waals surface area (Å²) in [5.41, 5.74) is 0. The third kappa shape index (κ3) is 11.5. The zero-order chi connectivity index (χ0) is 15.5. The van der Waals surface area contributed by atoms with Crippen LogP contribution in [0.1, 0.15) is 40.5 Å². The van der Waals surface area contributed by atoms with Crippen molar-refractivity contribution in [1.29, 1.82) is 0 Å². The molecule has 0 aromatic heterocycles. The summed E-state index contributed by atoms with van der Waals surface area (Å²) < 4.78 is 0. The molecule has 20 heavy (non-hydrogen) atoms. The highest BCUT2D eigenvalue weighted by atomic mass is 16.2. The molecular formula is C14H27N3O3. The van der Waals surface area contributed by atoms with Gasteiger partial charge in [-0.1, -0.05) is 20.8 Å². The Kier molecular flexibility index (Phi) is 9.41. The summed E-state index contributed by atoms with van der Waals surface area (Å²) in [6.45, 7) is 8.69. The number of rotatable bonds is 9. The monoisotopic (exact) mass is 285 g/mol. The predicted octanol–water partition coefficient (Wildman–Crippen LogP) is 0.427. The molecule has 0 rings (SSSR count). The van der Waals surface area contributed by atoms with Gasteiger partial charge in [-0.05, 0) is 11.8 Å². The van der Waals surface area contributed by atoms with Gasteiger partial charge in [-0.25, -0.2) is 0 Å². The highest BCUT2D eigenvalue weighted by Gasteiger charge is 2.11. The van der Waals surface area contributed by atoms with Gasteiger partial charge < -0.3 is 16.0 Å². The number of nitrogens with one attached hydrogen (secondary N) is 3. The van der Waals surface area contributed by atoms with Gasteiger partial charge in [-0.15, -0.1) is 0 Å². The molecule has 0 aliphatic carbocycles. The fraction of sp³-hybridized carbons (Fsp3) is 0.786. The SMILES string of the molecule is CC(=O)NCCNC(=O)C[C@@H](C)CNC(=O)CC(C)C. The van der Waals surface area contributed by atoms with Crippen LogP contribution in [0.5, 0.6) is 0 Å². The first kappa shape index (κ1) is 18.4. The Labute approximate surface area is 121 Å². The molecule has 116 valence electrons. The minimum atomic E-state index is -0.111. The van der Waals surface area contributed by atoms with Crippen LogP contribution in [0.3, 0.4) is 0 Å². The summed E-state index contributed by atoms with van der Waals surface area (Å²) in [6, 6.07) is 0. The average molecular weight is 285 g/mol. The molecule has 0 aliphatic heterocycles. The Morgan fingerprint density at radius 2 is 1.40 bits per heavy atom. The number of carbonyl (C=O) groups excluding carboxylic acids is 3. The van der Waals surface area contributed by atoms with E-state index < -0.39 is 0 Å². The van der Waals surface area contributed by atoms with E-state index in [9.17, 15) is 14.4 Å². The number of carbonyl (C=O) groups is 3. The maximum absolute atomic E-state index is 11.6. The molecule has 0 heterocycles. The van der Waals surface area contributed by atoms with E-state index in [1.165, 1.54) is 6.92 Å². The summed E-state index contributed by atoms with van der Waals surface area (Å²) in [4.78, 5) is 33.7. The second kappa shape index (κ2) is 10.2. The molecule has 3 N–H and O–H groups in total. The maximum atomic E-state index is 11.6. The molecule has 0 spiro atoms. The third-order valence-electron chi connectivity index (χ3n) is 2.60. The van der Waals surface area contributed by atoms with Gasteiger partial charge in [0, 0.05) is 39.4 Å². The van der Waals surface area contributed by atoms with Gasteiger partial charge >= 0.3 is 0 Å². The van der Waals surface area contributed by atoms with E-state index in [0.717, 1.165) is 0 Å². The standard InChI is InChI=1S/C14H27N3O3/c1-10(2)7-13(19)17-9-11(3)8-14(20)16-6-5-15-12(4)18/h10-11H,5-9H2,1-4H3,(H,15,18)(H,16,20)(H,17,19)/t11-/m1/s1. The molecule has 0 aliphatic rings. The Morgan fingerprint density at radius 1 is 0.850 bits per heavy atom. The molecular weight excluding hydrogens is 258 g/mol. The van der Waals surface area contributed by atoms with Gasteiger partial charge in [-0.2, -0.15) is 0 Å². The molecule has 1 atom stereocenters. The van der Waals surface area contributed by atoms with E-state index in [1.54, 1.807) is 0 Å².